The van der Waals surface area contributed by atoms with Crippen LogP contribution in [0.2, 0.25) is 0 Å². The van der Waals surface area contributed by atoms with Crippen LogP contribution < -0.4 is 5.73 Å². The van der Waals surface area contributed by atoms with Crippen molar-refractivity contribution in [3.63, 3.8) is 0 Å². The Labute approximate surface area is 116 Å². The fraction of sp³-hybridized carbons (Fsp3) is 0.562. The number of carbonyl (C=O) groups is 1. The third kappa shape index (κ3) is 4.35. The number of benzene rings is 1. The first-order valence-corrected chi connectivity index (χ1v) is 6.83. The van der Waals surface area contributed by atoms with Crippen molar-refractivity contribution in [2.45, 2.75) is 53.2 Å². The van der Waals surface area contributed by atoms with Crippen molar-refractivity contribution in [2.75, 3.05) is 0 Å². The third-order valence-electron chi connectivity index (χ3n) is 3.30. The first-order chi connectivity index (χ1) is 8.73. The van der Waals surface area contributed by atoms with Gasteiger partial charge >= 0.3 is 0 Å². The molecular weight excluding hydrogens is 236 g/mol. The number of carbonyl (C=O) groups excluding carboxylic acids is 1. The maximum Gasteiger partial charge on any atom is 0.240 e. The Balaban J connectivity index is 2.87. The van der Waals surface area contributed by atoms with Crippen LogP contribution in [0.3, 0.4) is 0 Å². The van der Waals surface area contributed by atoms with Gasteiger partial charge in [0.1, 0.15) is 0 Å². The monoisotopic (exact) mass is 262 g/mol. The van der Waals surface area contributed by atoms with Crippen LogP contribution in [0.15, 0.2) is 30.3 Å². The second-order valence-electron chi connectivity index (χ2n) is 6.39. The molecule has 106 valence electrons. The number of amides is 1. The van der Waals surface area contributed by atoms with E-state index in [2.05, 4.69) is 0 Å². The molecule has 1 atom stereocenters. The molecule has 0 spiro atoms. The summed E-state index contributed by atoms with van der Waals surface area (Å²) in [5, 5.41) is 0. The molecule has 0 aliphatic carbocycles. The lowest BCUT2D eigenvalue weighted by Crippen LogP contribution is -2.52. The van der Waals surface area contributed by atoms with Crippen LogP contribution in [0.5, 0.6) is 0 Å². The predicted octanol–water partition coefficient (Wildman–Crippen LogP) is 2.80. The minimum Gasteiger partial charge on any atom is -0.335 e. The van der Waals surface area contributed by atoms with Crippen molar-refractivity contribution < 1.29 is 4.79 Å². The summed E-state index contributed by atoms with van der Waals surface area (Å²) in [5.74, 6) is 0.0198. The van der Waals surface area contributed by atoms with E-state index in [-0.39, 0.29) is 17.4 Å². The van der Waals surface area contributed by atoms with E-state index < -0.39 is 6.04 Å². The molecule has 3 nitrogen and oxygen atoms in total. The molecule has 0 radical (unpaired) electrons. The van der Waals surface area contributed by atoms with Crippen LogP contribution in [0.4, 0.5) is 0 Å². The highest BCUT2D eigenvalue weighted by atomic mass is 16.2. The normalized spacial score (nSPS) is 13.4. The fourth-order valence-electron chi connectivity index (χ4n) is 1.84. The molecule has 19 heavy (non-hydrogen) atoms. The van der Waals surface area contributed by atoms with Crippen molar-refractivity contribution in [2.24, 2.45) is 11.1 Å². The standard InChI is InChI=1S/C16H26N2O/c1-12(2)18(11-13-9-7-6-8-10-13)15(19)14(17)16(3,4)5/h6-10,12,14H,11,17H2,1-5H3. The van der Waals surface area contributed by atoms with Crippen LogP contribution in [0, 0.1) is 5.41 Å². The van der Waals surface area contributed by atoms with Crippen LogP contribution in [0.25, 0.3) is 0 Å². The molecule has 0 aromatic heterocycles. The number of hydrogen-bond acceptors (Lipinski definition) is 2. The van der Waals surface area contributed by atoms with E-state index in [0.29, 0.717) is 6.54 Å². The van der Waals surface area contributed by atoms with Gasteiger partial charge in [0.05, 0.1) is 6.04 Å². The SMILES string of the molecule is CC(C)N(Cc1ccccc1)C(=O)C(N)C(C)(C)C. The van der Waals surface area contributed by atoms with Gasteiger partial charge in [0.2, 0.25) is 5.91 Å². The zero-order chi connectivity index (χ0) is 14.6. The molecule has 2 N–H and O–H groups in total. The van der Waals surface area contributed by atoms with Gasteiger partial charge in [-0.25, -0.2) is 0 Å². The molecular formula is C16H26N2O. The lowest BCUT2D eigenvalue weighted by molar-refractivity contribution is -0.137. The second-order valence-corrected chi connectivity index (χ2v) is 6.39. The Morgan fingerprint density at radius 2 is 1.74 bits per heavy atom. The molecule has 0 aliphatic heterocycles. The molecule has 1 aromatic carbocycles. The van der Waals surface area contributed by atoms with Gasteiger partial charge in [0, 0.05) is 12.6 Å². The topological polar surface area (TPSA) is 46.3 Å². The summed E-state index contributed by atoms with van der Waals surface area (Å²) in [6.45, 7) is 10.7. The number of nitrogens with two attached hydrogens (primary N) is 1. The van der Waals surface area contributed by atoms with E-state index in [1.807, 2.05) is 69.9 Å². The third-order valence-corrected chi connectivity index (χ3v) is 3.30. The maximum atomic E-state index is 12.5. The molecule has 0 fully saturated rings. The van der Waals surface area contributed by atoms with Gasteiger partial charge < -0.3 is 10.6 Å². The lowest BCUT2D eigenvalue weighted by Gasteiger charge is -2.34. The lowest BCUT2D eigenvalue weighted by atomic mass is 9.86. The summed E-state index contributed by atoms with van der Waals surface area (Å²) >= 11 is 0. The van der Waals surface area contributed by atoms with Crippen molar-refractivity contribution >= 4 is 5.91 Å². The van der Waals surface area contributed by atoms with E-state index in [9.17, 15) is 4.79 Å². The van der Waals surface area contributed by atoms with Gasteiger partial charge in [0.25, 0.3) is 0 Å². The molecule has 1 unspecified atom stereocenters. The Hall–Kier alpha value is -1.35. The zero-order valence-corrected chi connectivity index (χ0v) is 12.7. The van der Waals surface area contributed by atoms with Crippen molar-refractivity contribution in [1.82, 2.24) is 4.90 Å². The summed E-state index contributed by atoms with van der Waals surface area (Å²) in [6.07, 6.45) is 0. The maximum absolute atomic E-state index is 12.5. The first kappa shape index (κ1) is 15.7. The van der Waals surface area contributed by atoms with Gasteiger partial charge in [-0.3, -0.25) is 4.79 Å². The Bertz CT molecular complexity index is 407. The van der Waals surface area contributed by atoms with Gasteiger partial charge in [-0.05, 0) is 24.8 Å². The van der Waals surface area contributed by atoms with Crippen molar-refractivity contribution in [3.05, 3.63) is 35.9 Å². The van der Waals surface area contributed by atoms with Crippen LogP contribution in [0.1, 0.15) is 40.2 Å². The summed E-state index contributed by atoms with van der Waals surface area (Å²) < 4.78 is 0. The summed E-state index contributed by atoms with van der Waals surface area (Å²) in [7, 11) is 0. The quantitative estimate of drug-likeness (QED) is 0.907. The van der Waals surface area contributed by atoms with Crippen LogP contribution in [-0.4, -0.2) is 22.9 Å². The average Bonchev–Trinajstić information content (AvgIpc) is 2.34. The fourth-order valence-corrected chi connectivity index (χ4v) is 1.84. The number of rotatable bonds is 4. The minimum absolute atomic E-state index is 0.0198. The molecule has 0 saturated heterocycles. The minimum atomic E-state index is -0.474. The highest BCUT2D eigenvalue weighted by Gasteiger charge is 2.32. The molecule has 0 heterocycles. The first-order valence-electron chi connectivity index (χ1n) is 6.83. The molecule has 0 saturated carbocycles. The largest absolute Gasteiger partial charge is 0.335 e. The Morgan fingerprint density at radius 3 is 2.16 bits per heavy atom. The number of nitrogens with zero attached hydrogens (tertiary/aromatic N) is 1. The Kier molecular flexibility index (Phi) is 5.12. The predicted molar refractivity (Wildman–Crippen MR) is 79.6 cm³/mol. The van der Waals surface area contributed by atoms with Gasteiger partial charge in [-0.1, -0.05) is 51.1 Å². The smallest absolute Gasteiger partial charge is 0.240 e. The zero-order valence-electron chi connectivity index (χ0n) is 12.7. The average molecular weight is 262 g/mol. The van der Waals surface area contributed by atoms with E-state index in [0.717, 1.165) is 5.56 Å². The second kappa shape index (κ2) is 6.20. The molecule has 3 heteroatoms. The number of hydrogen-bond donors (Lipinski definition) is 1. The van der Waals surface area contributed by atoms with Crippen molar-refractivity contribution in [1.29, 1.82) is 0 Å². The highest BCUT2D eigenvalue weighted by Crippen LogP contribution is 2.21. The summed E-state index contributed by atoms with van der Waals surface area (Å²) in [6, 6.07) is 9.69. The van der Waals surface area contributed by atoms with Crippen LogP contribution in [-0.2, 0) is 11.3 Å². The summed E-state index contributed by atoms with van der Waals surface area (Å²) in [5.41, 5.74) is 7.00. The molecule has 1 aromatic rings. The Morgan fingerprint density at radius 1 is 1.21 bits per heavy atom. The van der Waals surface area contributed by atoms with E-state index >= 15 is 0 Å². The van der Waals surface area contributed by atoms with Crippen molar-refractivity contribution in [3.8, 4) is 0 Å². The van der Waals surface area contributed by atoms with E-state index in [4.69, 9.17) is 5.73 Å². The molecule has 1 amide bonds. The highest BCUT2D eigenvalue weighted by molar-refractivity contribution is 5.82. The van der Waals surface area contributed by atoms with E-state index in [1.54, 1.807) is 0 Å². The van der Waals surface area contributed by atoms with Gasteiger partial charge in [-0.15, -0.1) is 0 Å². The molecule has 0 aliphatic rings. The summed E-state index contributed by atoms with van der Waals surface area (Å²) in [4.78, 5) is 14.4. The van der Waals surface area contributed by atoms with Gasteiger partial charge in [-0.2, -0.15) is 0 Å². The van der Waals surface area contributed by atoms with Gasteiger partial charge in [0.15, 0.2) is 0 Å². The van der Waals surface area contributed by atoms with Crippen LogP contribution >= 0.6 is 0 Å². The van der Waals surface area contributed by atoms with E-state index in [1.165, 1.54) is 0 Å². The molecule has 1 rings (SSSR count). The molecule has 0 bridgehead atoms.